The fraction of sp³-hybridized carbons (Fsp3) is 0.611. The monoisotopic (exact) mass is 354 g/mol. The summed E-state index contributed by atoms with van der Waals surface area (Å²) in [7, 11) is 1.65. The molecule has 24 heavy (non-hydrogen) atoms. The Morgan fingerprint density at radius 2 is 1.79 bits per heavy atom. The largest absolute Gasteiger partial charge is 0.495 e. The van der Waals surface area contributed by atoms with Gasteiger partial charge in [0.15, 0.2) is 0 Å². The summed E-state index contributed by atoms with van der Waals surface area (Å²) in [5.41, 5.74) is 0.444. The zero-order valence-corrected chi connectivity index (χ0v) is 15.6. The predicted octanol–water partition coefficient (Wildman–Crippen LogP) is 4.60. The number of anilines is 1. The average molecular weight is 355 g/mol. The number of hydrogen-bond donors (Lipinski definition) is 2. The first kappa shape index (κ1) is 18.7. The molecule has 0 radical (unpaired) electrons. The number of carbonyl (C=O) groups is 1. The Hall–Kier alpha value is -1.62. The molecule has 0 unspecified atom stereocenters. The van der Waals surface area contributed by atoms with Crippen LogP contribution >= 0.6 is 11.6 Å². The Balaban J connectivity index is 1.83. The Bertz CT molecular complexity index is 564. The van der Waals surface area contributed by atoms with Crippen LogP contribution in [-0.2, 0) is 4.74 Å². The summed E-state index contributed by atoms with van der Waals surface area (Å²) in [6, 6.07) is 6.06. The molecular formula is C18H27ClN2O3. The summed E-state index contributed by atoms with van der Waals surface area (Å²) in [4.78, 5) is 11.8. The second-order valence-electron chi connectivity index (χ2n) is 7.18. The van der Waals surface area contributed by atoms with Gasteiger partial charge in [-0.05, 0) is 64.7 Å². The molecular weight excluding hydrogens is 328 g/mol. The van der Waals surface area contributed by atoms with E-state index in [2.05, 4.69) is 10.6 Å². The lowest BCUT2D eigenvalue weighted by Gasteiger charge is -2.31. The minimum Gasteiger partial charge on any atom is -0.495 e. The van der Waals surface area contributed by atoms with E-state index in [4.69, 9.17) is 21.1 Å². The van der Waals surface area contributed by atoms with Crippen LogP contribution in [0.2, 0.25) is 5.02 Å². The van der Waals surface area contributed by atoms with Crippen LogP contribution in [-0.4, -0.2) is 30.9 Å². The van der Waals surface area contributed by atoms with Crippen LogP contribution in [0, 0.1) is 0 Å². The first-order valence-corrected chi connectivity index (χ1v) is 8.74. The van der Waals surface area contributed by atoms with Gasteiger partial charge < -0.3 is 20.1 Å². The molecule has 6 heteroatoms. The first-order valence-electron chi connectivity index (χ1n) is 8.36. The third kappa shape index (κ3) is 5.78. The minimum atomic E-state index is -0.466. The molecule has 0 aliphatic heterocycles. The van der Waals surface area contributed by atoms with E-state index in [0.717, 1.165) is 37.1 Å². The van der Waals surface area contributed by atoms with E-state index in [-0.39, 0.29) is 12.1 Å². The summed E-state index contributed by atoms with van der Waals surface area (Å²) in [6.07, 6.45) is 3.43. The molecule has 1 aromatic rings. The highest BCUT2D eigenvalue weighted by atomic mass is 35.5. The van der Waals surface area contributed by atoms with Crippen molar-refractivity contribution < 1.29 is 14.3 Å². The normalized spacial score (nSPS) is 21.0. The van der Waals surface area contributed by atoms with Crippen molar-refractivity contribution in [1.82, 2.24) is 5.32 Å². The maximum atomic E-state index is 11.8. The molecule has 1 amide bonds. The van der Waals surface area contributed by atoms with Crippen LogP contribution in [0.25, 0.3) is 0 Å². The van der Waals surface area contributed by atoms with Crippen molar-refractivity contribution in [2.24, 2.45) is 0 Å². The van der Waals surface area contributed by atoms with Gasteiger partial charge in [0.05, 0.1) is 12.8 Å². The minimum absolute atomic E-state index is 0.166. The first-order chi connectivity index (χ1) is 11.3. The topological polar surface area (TPSA) is 59.6 Å². The molecule has 0 bridgehead atoms. The van der Waals surface area contributed by atoms with Crippen LogP contribution in [0.1, 0.15) is 46.5 Å². The maximum Gasteiger partial charge on any atom is 0.407 e. The maximum absolute atomic E-state index is 11.8. The van der Waals surface area contributed by atoms with Gasteiger partial charge in [0.2, 0.25) is 0 Å². The highest BCUT2D eigenvalue weighted by molar-refractivity contribution is 6.30. The van der Waals surface area contributed by atoms with Crippen molar-refractivity contribution in [2.75, 3.05) is 12.4 Å². The highest BCUT2D eigenvalue weighted by Crippen LogP contribution is 2.31. The lowest BCUT2D eigenvalue weighted by molar-refractivity contribution is 0.0492. The van der Waals surface area contributed by atoms with Crippen molar-refractivity contribution in [3.8, 4) is 5.75 Å². The van der Waals surface area contributed by atoms with Gasteiger partial charge in [0.25, 0.3) is 0 Å². The Morgan fingerprint density at radius 3 is 2.38 bits per heavy atom. The molecule has 0 atom stereocenters. The van der Waals surface area contributed by atoms with E-state index in [1.54, 1.807) is 7.11 Å². The molecule has 5 nitrogen and oxygen atoms in total. The van der Waals surface area contributed by atoms with Gasteiger partial charge in [-0.3, -0.25) is 0 Å². The lowest BCUT2D eigenvalue weighted by Crippen LogP contribution is -2.42. The molecule has 1 aliphatic rings. The lowest BCUT2D eigenvalue weighted by atomic mass is 9.91. The Kier molecular flexibility index (Phi) is 6.21. The van der Waals surface area contributed by atoms with Crippen LogP contribution in [0.3, 0.4) is 0 Å². The molecule has 2 N–H and O–H groups in total. The summed E-state index contributed by atoms with van der Waals surface area (Å²) in [5.74, 6) is 0.786. The number of benzene rings is 1. The molecule has 1 aliphatic carbocycles. The van der Waals surface area contributed by atoms with Gasteiger partial charge >= 0.3 is 6.09 Å². The Morgan fingerprint density at radius 1 is 1.17 bits per heavy atom. The molecule has 0 saturated heterocycles. The second-order valence-corrected chi connectivity index (χ2v) is 7.62. The summed E-state index contributed by atoms with van der Waals surface area (Å²) < 4.78 is 10.7. The van der Waals surface area contributed by atoms with E-state index in [0.29, 0.717) is 11.1 Å². The van der Waals surface area contributed by atoms with Crippen LogP contribution in [0.15, 0.2) is 18.2 Å². The van der Waals surface area contributed by atoms with Gasteiger partial charge in [0.1, 0.15) is 11.4 Å². The van der Waals surface area contributed by atoms with Crippen molar-refractivity contribution in [1.29, 1.82) is 0 Å². The van der Waals surface area contributed by atoms with Crippen molar-refractivity contribution >= 4 is 23.4 Å². The number of methoxy groups -OCH3 is 1. The second kappa shape index (κ2) is 7.97. The van der Waals surface area contributed by atoms with E-state index < -0.39 is 5.60 Å². The fourth-order valence-corrected chi connectivity index (χ4v) is 3.04. The van der Waals surface area contributed by atoms with Gasteiger partial charge in [-0.15, -0.1) is 0 Å². The fourth-order valence-electron chi connectivity index (χ4n) is 2.87. The van der Waals surface area contributed by atoms with Crippen molar-refractivity contribution in [3.05, 3.63) is 23.2 Å². The third-order valence-corrected chi connectivity index (χ3v) is 4.20. The number of amides is 1. The van der Waals surface area contributed by atoms with Gasteiger partial charge in [-0.2, -0.15) is 0 Å². The standard InChI is InChI=1S/C18H27ClN2O3/c1-18(2,3)24-17(22)21-14-8-6-13(7-9-14)20-15-11-12(19)5-10-16(15)23-4/h5,10-11,13-14,20H,6-9H2,1-4H3,(H,21,22). The van der Waals surface area contributed by atoms with Crippen LogP contribution in [0.5, 0.6) is 5.75 Å². The summed E-state index contributed by atoms with van der Waals surface area (Å²) in [6.45, 7) is 5.60. The SMILES string of the molecule is COc1ccc(Cl)cc1NC1CCC(NC(=O)OC(C)(C)C)CC1. The Labute approximate surface area is 149 Å². The number of ether oxygens (including phenoxy) is 2. The molecule has 2 rings (SSSR count). The zero-order valence-electron chi connectivity index (χ0n) is 14.8. The highest BCUT2D eigenvalue weighted by Gasteiger charge is 2.25. The van der Waals surface area contributed by atoms with Gasteiger partial charge in [0, 0.05) is 17.1 Å². The molecule has 1 fully saturated rings. The number of rotatable bonds is 4. The smallest absolute Gasteiger partial charge is 0.407 e. The molecule has 1 aromatic carbocycles. The van der Waals surface area contributed by atoms with Gasteiger partial charge in [-0.25, -0.2) is 4.79 Å². The summed E-state index contributed by atoms with van der Waals surface area (Å²) >= 11 is 6.07. The molecule has 0 spiro atoms. The van der Waals surface area contributed by atoms with Crippen molar-refractivity contribution in [2.45, 2.75) is 64.1 Å². The van der Waals surface area contributed by atoms with Crippen molar-refractivity contribution in [3.63, 3.8) is 0 Å². The van der Waals surface area contributed by atoms with Gasteiger partial charge in [-0.1, -0.05) is 11.6 Å². The van der Waals surface area contributed by atoms with E-state index >= 15 is 0 Å². The zero-order chi connectivity index (χ0) is 17.7. The van der Waals surface area contributed by atoms with E-state index in [9.17, 15) is 4.79 Å². The summed E-state index contributed by atoms with van der Waals surface area (Å²) in [5, 5.41) is 7.14. The molecule has 0 heterocycles. The molecule has 134 valence electrons. The van der Waals surface area contributed by atoms with Crippen LogP contribution < -0.4 is 15.4 Å². The number of alkyl carbamates (subject to hydrolysis) is 1. The predicted molar refractivity (Wildman–Crippen MR) is 97.0 cm³/mol. The molecule has 0 aromatic heterocycles. The van der Waals surface area contributed by atoms with Crippen LogP contribution in [0.4, 0.5) is 10.5 Å². The average Bonchev–Trinajstić information content (AvgIpc) is 2.47. The number of hydrogen-bond acceptors (Lipinski definition) is 4. The van der Waals surface area contributed by atoms with E-state index in [1.165, 1.54) is 0 Å². The van der Waals surface area contributed by atoms with E-state index in [1.807, 2.05) is 39.0 Å². The number of carbonyl (C=O) groups excluding carboxylic acids is 1. The number of halogens is 1. The quantitative estimate of drug-likeness (QED) is 0.829. The molecule has 1 saturated carbocycles. The third-order valence-electron chi connectivity index (χ3n) is 3.97. The number of nitrogens with one attached hydrogen (secondary N) is 2.